The van der Waals surface area contributed by atoms with Crippen LogP contribution in [0.3, 0.4) is 0 Å². The first-order valence-electron chi connectivity index (χ1n) is 5.86. The summed E-state index contributed by atoms with van der Waals surface area (Å²) in [5.74, 6) is 0.349. The second kappa shape index (κ2) is 7.59. The zero-order chi connectivity index (χ0) is 14.3. The molecule has 0 aliphatic carbocycles. The summed E-state index contributed by atoms with van der Waals surface area (Å²) in [7, 11) is 1.58. The second-order valence-electron chi connectivity index (χ2n) is 3.82. The Labute approximate surface area is 121 Å². The molecule has 1 rings (SSSR count). The van der Waals surface area contributed by atoms with E-state index < -0.39 is 0 Å². The van der Waals surface area contributed by atoms with Crippen LogP contribution in [-0.4, -0.2) is 19.6 Å². The van der Waals surface area contributed by atoms with E-state index >= 15 is 0 Å². The van der Waals surface area contributed by atoms with Gasteiger partial charge >= 0.3 is 0 Å². The van der Waals surface area contributed by atoms with Gasteiger partial charge in [-0.1, -0.05) is 13.0 Å². The maximum atomic E-state index is 11.7. The summed E-state index contributed by atoms with van der Waals surface area (Å²) < 4.78 is 5.89. The molecule has 0 atom stereocenters. The van der Waals surface area contributed by atoms with Crippen molar-refractivity contribution in [1.82, 2.24) is 5.32 Å². The van der Waals surface area contributed by atoms with E-state index in [1.165, 1.54) is 0 Å². The molecule has 19 heavy (non-hydrogen) atoms. The first-order valence-corrected chi connectivity index (χ1v) is 6.65. The summed E-state index contributed by atoms with van der Waals surface area (Å²) in [6.07, 6.45) is 2.38. The topological polar surface area (TPSA) is 62.1 Å². The Morgan fingerprint density at radius 3 is 2.84 bits per heavy atom. The molecule has 0 aromatic heterocycles. The monoisotopic (exact) mass is 322 g/mol. The first kappa shape index (κ1) is 15.3. The van der Waals surface area contributed by atoms with Gasteiger partial charge in [0, 0.05) is 6.54 Å². The molecule has 0 saturated heterocycles. The van der Waals surface area contributed by atoms with E-state index in [-0.39, 0.29) is 11.5 Å². The van der Waals surface area contributed by atoms with E-state index in [9.17, 15) is 4.79 Å². The number of ether oxygens (including phenoxy) is 1. The van der Waals surface area contributed by atoms with E-state index in [4.69, 9.17) is 10.00 Å². The predicted molar refractivity (Wildman–Crippen MR) is 77.6 cm³/mol. The smallest absolute Gasteiger partial charge is 0.261 e. The number of nitrogens with zero attached hydrogens (tertiary/aromatic N) is 1. The van der Waals surface area contributed by atoms with Gasteiger partial charge in [0.25, 0.3) is 5.91 Å². The summed E-state index contributed by atoms with van der Waals surface area (Å²) in [6.45, 7) is 2.51. The third-order valence-corrected chi connectivity index (χ3v) is 3.01. The van der Waals surface area contributed by atoms with Crippen LogP contribution < -0.4 is 10.1 Å². The fraction of sp³-hybridized carbons (Fsp3) is 0.286. The Hall–Kier alpha value is -1.80. The number of benzene rings is 1. The lowest BCUT2D eigenvalue weighted by molar-refractivity contribution is -0.117. The fourth-order valence-corrected chi connectivity index (χ4v) is 1.98. The van der Waals surface area contributed by atoms with Crippen molar-refractivity contribution in [2.24, 2.45) is 0 Å². The van der Waals surface area contributed by atoms with Crippen molar-refractivity contribution in [2.45, 2.75) is 13.3 Å². The molecule has 0 fully saturated rings. The molecule has 5 heteroatoms. The highest BCUT2D eigenvalue weighted by Gasteiger charge is 2.08. The van der Waals surface area contributed by atoms with Crippen molar-refractivity contribution in [3.63, 3.8) is 0 Å². The Balaban J connectivity index is 2.95. The largest absolute Gasteiger partial charge is 0.496 e. The maximum absolute atomic E-state index is 11.7. The van der Waals surface area contributed by atoms with Crippen LogP contribution in [0.25, 0.3) is 6.08 Å². The minimum absolute atomic E-state index is 0.0884. The molecule has 0 unspecified atom stereocenters. The molecule has 1 N–H and O–H groups in total. The molecule has 1 amide bonds. The maximum Gasteiger partial charge on any atom is 0.261 e. The molecule has 0 saturated carbocycles. The molecule has 100 valence electrons. The summed E-state index contributed by atoms with van der Waals surface area (Å²) >= 11 is 3.36. The number of amides is 1. The lowest BCUT2D eigenvalue weighted by atomic mass is 10.1. The molecule has 1 aromatic rings. The molecule has 0 bridgehead atoms. The average molecular weight is 323 g/mol. The summed E-state index contributed by atoms with van der Waals surface area (Å²) in [5.41, 5.74) is 0.849. The standard InChI is InChI=1S/C14H15BrN2O2/c1-3-6-17-14(18)11(9-16)7-10-4-5-13(19-2)12(15)8-10/h4-5,7-8H,3,6H2,1-2H3,(H,17,18)/b11-7-. The number of hydrogen-bond acceptors (Lipinski definition) is 3. The lowest BCUT2D eigenvalue weighted by Crippen LogP contribution is -2.25. The van der Waals surface area contributed by atoms with E-state index in [0.29, 0.717) is 12.3 Å². The van der Waals surface area contributed by atoms with Crippen molar-refractivity contribution in [3.05, 3.63) is 33.8 Å². The normalized spacial score (nSPS) is 10.7. The van der Waals surface area contributed by atoms with Gasteiger partial charge in [-0.05, 0) is 46.1 Å². The minimum atomic E-state index is -0.351. The number of nitrogens with one attached hydrogen (secondary N) is 1. The van der Waals surface area contributed by atoms with Crippen LogP contribution in [0.15, 0.2) is 28.2 Å². The molecule has 0 radical (unpaired) electrons. The highest BCUT2D eigenvalue weighted by atomic mass is 79.9. The fourth-order valence-electron chi connectivity index (χ4n) is 1.42. The summed E-state index contributed by atoms with van der Waals surface area (Å²) in [5, 5.41) is 11.7. The van der Waals surface area contributed by atoms with Crippen molar-refractivity contribution >= 4 is 27.9 Å². The van der Waals surface area contributed by atoms with Crippen molar-refractivity contribution in [3.8, 4) is 11.8 Å². The van der Waals surface area contributed by atoms with Gasteiger partial charge in [0.15, 0.2) is 0 Å². The number of rotatable bonds is 5. The average Bonchev–Trinajstić information content (AvgIpc) is 2.42. The van der Waals surface area contributed by atoms with Crippen molar-refractivity contribution < 1.29 is 9.53 Å². The Bertz CT molecular complexity index is 533. The second-order valence-corrected chi connectivity index (χ2v) is 4.67. The highest BCUT2D eigenvalue weighted by molar-refractivity contribution is 9.10. The van der Waals surface area contributed by atoms with Gasteiger partial charge in [-0.15, -0.1) is 0 Å². The highest BCUT2D eigenvalue weighted by Crippen LogP contribution is 2.26. The molecular formula is C14H15BrN2O2. The number of carbonyl (C=O) groups excluding carboxylic acids is 1. The van der Waals surface area contributed by atoms with Gasteiger partial charge < -0.3 is 10.1 Å². The van der Waals surface area contributed by atoms with Crippen LogP contribution >= 0.6 is 15.9 Å². The first-order chi connectivity index (χ1) is 9.12. The number of halogens is 1. The van der Waals surface area contributed by atoms with E-state index in [1.807, 2.05) is 13.0 Å². The predicted octanol–water partition coefficient (Wildman–Crippen LogP) is 2.89. The molecule has 0 aliphatic rings. The molecule has 4 nitrogen and oxygen atoms in total. The van der Waals surface area contributed by atoms with Crippen LogP contribution in [-0.2, 0) is 4.79 Å². The molecule has 0 spiro atoms. The van der Waals surface area contributed by atoms with Crippen LogP contribution in [0, 0.1) is 11.3 Å². The third-order valence-electron chi connectivity index (χ3n) is 2.39. The zero-order valence-electron chi connectivity index (χ0n) is 10.9. The number of nitriles is 1. The number of carbonyl (C=O) groups is 1. The summed E-state index contributed by atoms with van der Waals surface area (Å²) in [6, 6.07) is 7.26. The van der Waals surface area contributed by atoms with Gasteiger partial charge in [-0.3, -0.25) is 4.79 Å². The third kappa shape index (κ3) is 4.42. The van der Waals surface area contributed by atoms with Crippen LogP contribution in [0.5, 0.6) is 5.75 Å². The Morgan fingerprint density at radius 1 is 1.58 bits per heavy atom. The van der Waals surface area contributed by atoms with Gasteiger partial charge in [-0.25, -0.2) is 0 Å². The van der Waals surface area contributed by atoms with E-state index in [1.54, 1.807) is 31.4 Å². The van der Waals surface area contributed by atoms with Gasteiger partial charge in [0.2, 0.25) is 0 Å². The van der Waals surface area contributed by atoms with Gasteiger partial charge in [0.05, 0.1) is 11.6 Å². The number of methoxy groups -OCH3 is 1. The van der Waals surface area contributed by atoms with Crippen molar-refractivity contribution in [2.75, 3.05) is 13.7 Å². The van der Waals surface area contributed by atoms with E-state index in [0.717, 1.165) is 16.5 Å². The summed E-state index contributed by atoms with van der Waals surface area (Å²) in [4.78, 5) is 11.7. The molecule has 1 aromatic carbocycles. The van der Waals surface area contributed by atoms with Crippen LogP contribution in [0.1, 0.15) is 18.9 Å². The SMILES string of the molecule is CCCNC(=O)/C(C#N)=C\c1ccc(OC)c(Br)c1. The molecule has 0 heterocycles. The van der Waals surface area contributed by atoms with E-state index in [2.05, 4.69) is 21.2 Å². The quantitative estimate of drug-likeness (QED) is 0.669. The van der Waals surface area contributed by atoms with Gasteiger partial charge in [-0.2, -0.15) is 5.26 Å². The lowest BCUT2D eigenvalue weighted by Gasteiger charge is -2.05. The minimum Gasteiger partial charge on any atom is -0.496 e. The Morgan fingerprint density at radius 2 is 2.32 bits per heavy atom. The number of hydrogen-bond donors (Lipinski definition) is 1. The van der Waals surface area contributed by atoms with Crippen LogP contribution in [0.2, 0.25) is 0 Å². The van der Waals surface area contributed by atoms with Gasteiger partial charge in [0.1, 0.15) is 17.4 Å². The van der Waals surface area contributed by atoms with Crippen LogP contribution in [0.4, 0.5) is 0 Å². The Kier molecular flexibility index (Phi) is 6.10. The molecular weight excluding hydrogens is 308 g/mol. The zero-order valence-corrected chi connectivity index (χ0v) is 12.5. The van der Waals surface area contributed by atoms with Crippen molar-refractivity contribution in [1.29, 1.82) is 5.26 Å². The molecule has 0 aliphatic heterocycles.